The molecule has 3 rings (SSSR count). The number of halogens is 3. The Kier molecular flexibility index (Phi) is 9.47. The molecular formula is C29H29ClF2N4O2. The van der Waals surface area contributed by atoms with Gasteiger partial charge in [-0.3, -0.25) is 24.1 Å². The smallest absolute Gasteiger partial charge is 0.273 e. The quantitative estimate of drug-likeness (QED) is 0.345. The van der Waals surface area contributed by atoms with Crippen LogP contribution in [-0.2, 0) is 0 Å². The number of nitrogens with zero attached hydrogens (tertiary/aromatic N) is 3. The molecule has 0 saturated carbocycles. The molecule has 6 nitrogen and oxygen atoms in total. The van der Waals surface area contributed by atoms with Gasteiger partial charge >= 0.3 is 0 Å². The standard InChI is InChI=1S/C29H29ClF2N4O2/c1-6-11-35-25(22-8-7-9-23(27(22)32)28(37)33-5)10-12-36-17(2)13-24(26(30)29(36)38)19(4)18(3)20-14-21(31)16-34-15-20/h6-16,18-19H,1-5H3,(H,33,37)/b11-6+,12-10+,35-25-/t18-,19?/m0/s1. The maximum Gasteiger partial charge on any atom is 0.273 e. The lowest BCUT2D eigenvalue weighted by molar-refractivity contribution is 0.0959. The Morgan fingerprint density at radius 3 is 2.53 bits per heavy atom. The van der Waals surface area contributed by atoms with E-state index < -0.39 is 23.1 Å². The van der Waals surface area contributed by atoms with Gasteiger partial charge in [0.1, 0.15) is 16.7 Å². The number of carbonyl (C=O) groups excluding carboxylic acids is 1. The van der Waals surface area contributed by atoms with Crippen LogP contribution in [0.5, 0.6) is 0 Å². The van der Waals surface area contributed by atoms with Crippen molar-refractivity contribution < 1.29 is 13.6 Å². The Morgan fingerprint density at radius 1 is 1.16 bits per heavy atom. The highest BCUT2D eigenvalue weighted by Gasteiger charge is 2.23. The number of carbonyl (C=O) groups is 1. The van der Waals surface area contributed by atoms with Crippen molar-refractivity contribution >= 4 is 29.4 Å². The number of allylic oxidation sites excluding steroid dienone is 2. The number of aliphatic imine (C=N–C) groups is 1. The summed E-state index contributed by atoms with van der Waals surface area (Å²) in [6, 6.07) is 7.66. The molecule has 9 heteroatoms. The predicted octanol–water partition coefficient (Wildman–Crippen LogP) is 6.24. The summed E-state index contributed by atoms with van der Waals surface area (Å²) in [5.41, 5.74) is 1.64. The molecule has 0 aliphatic rings. The van der Waals surface area contributed by atoms with Gasteiger partial charge in [-0.1, -0.05) is 37.6 Å². The van der Waals surface area contributed by atoms with E-state index in [-0.39, 0.29) is 33.7 Å². The van der Waals surface area contributed by atoms with E-state index in [9.17, 15) is 14.0 Å². The van der Waals surface area contributed by atoms with Crippen LogP contribution in [0.1, 0.15) is 65.3 Å². The number of rotatable bonds is 8. The Labute approximate surface area is 225 Å². The van der Waals surface area contributed by atoms with Gasteiger partial charge < -0.3 is 5.32 Å². The van der Waals surface area contributed by atoms with Crippen LogP contribution in [0.4, 0.5) is 8.78 Å². The first-order chi connectivity index (χ1) is 18.1. The van der Waals surface area contributed by atoms with Gasteiger partial charge in [0, 0.05) is 36.9 Å². The summed E-state index contributed by atoms with van der Waals surface area (Å²) in [5, 5.41) is 2.44. The van der Waals surface area contributed by atoms with Crippen LogP contribution in [0.2, 0.25) is 5.02 Å². The minimum Gasteiger partial charge on any atom is -0.355 e. The van der Waals surface area contributed by atoms with Crippen molar-refractivity contribution in [3.63, 3.8) is 0 Å². The number of amides is 1. The second-order valence-corrected chi connectivity index (χ2v) is 9.18. The van der Waals surface area contributed by atoms with Crippen molar-refractivity contribution in [2.24, 2.45) is 4.99 Å². The third kappa shape index (κ3) is 6.14. The molecule has 1 amide bonds. The first-order valence-corrected chi connectivity index (χ1v) is 12.4. The Bertz CT molecular complexity index is 1490. The highest BCUT2D eigenvalue weighted by molar-refractivity contribution is 6.31. The van der Waals surface area contributed by atoms with Crippen LogP contribution in [0.15, 0.2) is 70.9 Å². The maximum atomic E-state index is 15.2. The first-order valence-electron chi connectivity index (χ1n) is 12.0. The molecule has 2 heterocycles. The fourth-order valence-electron chi connectivity index (χ4n) is 4.04. The molecule has 1 N–H and O–H groups in total. The highest BCUT2D eigenvalue weighted by Crippen LogP contribution is 2.35. The molecule has 1 aromatic carbocycles. The molecule has 38 heavy (non-hydrogen) atoms. The van der Waals surface area contributed by atoms with Gasteiger partial charge in [-0.25, -0.2) is 8.78 Å². The normalized spacial score (nSPS) is 13.7. The zero-order valence-corrected chi connectivity index (χ0v) is 22.6. The van der Waals surface area contributed by atoms with Crippen LogP contribution in [0.3, 0.4) is 0 Å². The maximum absolute atomic E-state index is 15.2. The number of hydrogen-bond donors (Lipinski definition) is 1. The van der Waals surface area contributed by atoms with Crippen LogP contribution in [0.25, 0.3) is 6.20 Å². The first kappa shape index (κ1) is 28.7. The van der Waals surface area contributed by atoms with Gasteiger partial charge in [0.25, 0.3) is 11.5 Å². The Morgan fingerprint density at radius 2 is 1.87 bits per heavy atom. The predicted molar refractivity (Wildman–Crippen MR) is 148 cm³/mol. The molecule has 0 fully saturated rings. The average Bonchev–Trinajstić information content (AvgIpc) is 2.91. The Hall–Kier alpha value is -3.91. The van der Waals surface area contributed by atoms with Gasteiger partial charge in [0.15, 0.2) is 0 Å². The number of aromatic nitrogens is 2. The average molecular weight is 539 g/mol. The third-order valence-electron chi connectivity index (χ3n) is 6.39. The van der Waals surface area contributed by atoms with E-state index in [1.54, 1.807) is 38.3 Å². The molecule has 198 valence electrons. The zero-order valence-electron chi connectivity index (χ0n) is 21.8. The third-order valence-corrected chi connectivity index (χ3v) is 6.77. The molecule has 1 unspecified atom stereocenters. The number of benzene rings is 1. The van der Waals surface area contributed by atoms with E-state index in [0.717, 1.165) is 6.20 Å². The van der Waals surface area contributed by atoms with Crippen LogP contribution in [-0.4, -0.2) is 28.2 Å². The lowest BCUT2D eigenvalue weighted by atomic mass is 9.84. The van der Waals surface area contributed by atoms with Crippen molar-refractivity contribution in [2.75, 3.05) is 7.05 Å². The minimum absolute atomic E-state index is 0.0312. The molecule has 3 aromatic rings. The number of nitrogens with one attached hydrogen (secondary N) is 1. The topological polar surface area (TPSA) is 76.3 Å². The molecule has 0 spiro atoms. The van der Waals surface area contributed by atoms with E-state index in [1.165, 1.54) is 48.3 Å². The Balaban J connectivity index is 2.03. The fourth-order valence-corrected chi connectivity index (χ4v) is 4.36. The molecule has 2 atom stereocenters. The lowest BCUT2D eigenvalue weighted by Crippen LogP contribution is -2.22. The number of pyridine rings is 2. The van der Waals surface area contributed by atoms with Crippen molar-refractivity contribution in [3.8, 4) is 0 Å². The van der Waals surface area contributed by atoms with Gasteiger partial charge in [0.05, 0.1) is 17.5 Å². The minimum atomic E-state index is -0.730. The van der Waals surface area contributed by atoms with E-state index in [0.29, 0.717) is 16.8 Å². The molecule has 0 saturated heterocycles. The van der Waals surface area contributed by atoms with Gasteiger partial charge in [-0.05, 0) is 67.2 Å². The van der Waals surface area contributed by atoms with Gasteiger partial charge in [-0.2, -0.15) is 0 Å². The second kappa shape index (κ2) is 12.6. The van der Waals surface area contributed by atoms with Crippen molar-refractivity contribution in [3.05, 3.63) is 116 Å². The summed E-state index contributed by atoms with van der Waals surface area (Å²) in [6.07, 6.45) is 8.85. The van der Waals surface area contributed by atoms with Crippen LogP contribution in [0, 0.1) is 18.6 Å². The summed E-state index contributed by atoms with van der Waals surface area (Å²) >= 11 is 6.54. The molecular weight excluding hydrogens is 510 g/mol. The molecule has 0 aliphatic carbocycles. The highest BCUT2D eigenvalue weighted by atomic mass is 35.5. The molecule has 0 radical (unpaired) electrons. The van der Waals surface area contributed by atoms with Crippen molar-refractivity contribution in [2.45, 2.75) is 39.5 Å². The lowest BCUT2D eigenvalue weighted by Gasteiger charge is -2.22. The second-order valence-electron chi connectivity index (χ2n) is 8.80. The van der Waals surface area contributed by atoms with Gasteiger partial charge in [-0.15, -0.1) is 0 Å². The van der Waals surface area contributed by atoms with Crippen LogP contribution < -0.4 is 10.9 Å². The molecule has 0 aliphatic heterocycles. The van der Waals surface area contributed by atoms with E-state index in [2.05, 4.69) is 15.3 Å². The summed E-state index contributed by atoms with van der Waals surface area (Å²) < 4.78 is 30.2. The van der Waals surface area contributed by atoms with E-state index in [1.807, 2.05) is 13.8 Å². The summed E-state index contributed by atoms with van der Waals surface area (Å²) in [6.45, 7) is 7.35. The molecule has 0 bridgehead atoms. The number of hydrogen-bond acceptors (Lipinski definition) is 4. The van der Waals surface area contributed by atoms with Crippen molar-refractivity contribution in [1.82, 2.24) is 14.9 Å². The number of aryl methyl sites for hydroxylation is 1. The summed E-state index contributed by atoms with van der Waals surface area (Å²) in [5.74, 6) is -2.09. The molecule has 2 aromatic heterocycles. The fraction of sp³-hybridized carbons (Fsp3) is 0.241. The van der Waals surface area contributed by atoms with Crippen molar-refractivity contribution in [1.29, 1.82) is 0 Å². The van der Waals surface area contributed by atoms with Crippen LogP contribution >= 0.6 is 11.6 Å². The van der Waals surface area contributed by atoms with E-state index >= 15 is 4.39 Å². The largest absolute Gasteiger partial charge is 0.355 e. The van der Waals surface area contributed by atoms with Gasteiger partial charge in [0.2, 0.25) is 0 Å². The summed E-state index contributed by atoms with van der Waals surface area (Å²) in [7, 11) is 1.42. The monoisotopic (exact) mass is 538 g/mol. The van der Waals surface area contributed by atoms with E-state index in [4.69, 9.17) is 11.6 Å². The SMILES string of the molecule is C/C=C/N=C(/C=C/n1c(C)cc(C(C)[C@H](C)c2cncc(F)c2)c(Cl)c1=O)c1cccc(C(=O)NC)c1F. The zero-order chi connectivity index (χ0) is 28.0. The summed E-state index contributed by atoms with van der Waals surface area (Å²) in [4.78, 5) is 33.5.